The van der Waals surface area contributed by atoms with Crippen molar-refractivity contribution < 1.29 is 9.21 Å². The summed E-state index contributed by atoms with van der Waals surface area (Å²) in [7, 11) is 0. The summed E-state index contributed by atoms with van der Waals surface area (Å²) in [5.41, 5.74) is 2.75. The molecule has 2 aromatic carbocycles. The highest BCUT2D eigenvalue weighted by Gasteiger charge is 2.06. The van der Waals surface area contributed by atoms with E-state index in [-0.39, 0.29) is 5.91 Å². The van der Waals surface area contributed by atoms with Gasteiger partial charge in [-0.05, 0) is 35.9 Å². The fourth-order valence-electron chi connectivity index (χ4n) is 2.07. The molecule has 1 aromatic heterocycles. The number of rotatable bonds is 5. The van der Waals surface area contributed by atoms with E-state index in [4.69, 9.17) is 16.0 Å². The lowest BCUT2D eigenvalue weighted by molar-refractivity contribution is -0.113. The molecule has 0 aliphatic rings. The second-order valence-electron chi connectivity index (χ2n) is 4.89. The van der Waals surface area contributed by atoms with Gasteiger partial charge in [0.1, 0.15) is 0 Å². The Hall–Kier alpha value is -2.18. The zero-order valence-corrected chi connectivity index (χ0v) is 13.5. The minimum atomic E-state index is -0.512. The van der Waals surface area contributed by atoms with Crippen LogP contribution in [-0.4, -0.2) is 16.6 Å². The number of aromatic nitrogens is 1. The van der Waals surface area contributed by atoms with Gasteiger partial charge in [0.15, 0.2) is 5.58 Å². The third-order valence-corrected chi connectivity index (χ3v) is 4.37. The van der Waals surface area contributed by atoms with Gasteiger partial charge in [0.05, 0.1) is 11.3 Å². The molecule has 118 valence electrons. The summed E-state index contributed by atoms with van der Waals surface area (Å²) in [5.74, 6) is 0.456. The molecule has 1 amide bonds. The average Bonchev–Trinajstić information content (AvgIpc) is 2.88. The van der Waals surface area contributed by atoms with E-state index in [9.17, 15) is 9.59 Å². The number of oxazole rings is 1. The van der Waals surface area contributed by atoms with Gasteiger partial charge in [-0.15, -0.1) is 11.8 Å². The molecule has 7 heteroatoms. The minimum absolute atomic E-state index is 0.103. The summed E-state index contributed by atoms with van der Waals surface area (Å²) >= 11 is 7.35. The molecule has 0 aliphatic heterocycles. The van der Waals surface area contributed by atoms with Crippen LogP contribution in [0.4, 0.5) is 5.69 Å². The lowest BCUT2D eigenvalue weighted by atomic mass is 10.2. The first kappa shape index (κ1) is 15.7. The third kappa shape index (κ3) is 4.18. The SMILES string of the molecule is O=C(CSCc1ccc(Cl)cc1)Nc1ccc2oc(=O)[nH]c2c1. The van der Waals surface area contributed by atoms with Gasteiger partial charge in [0, 0.05) is 16.5 Å². The van der Waals surface area contributed by atoms with Crippen LogP contribution in [-0.2, 0) is 10.5 Å². The van der Waals surface area contributed by atoms with E-state index in [0.717, 1.165) is 11.3 Å². The van der Waals surface area contributed by atoms with Crippen molar-refractivity contribution in [3.8, 4) is 0 Å². The maximum Gasteiger partial charge on any atom is 0.417 e. The standard InChI is InChI=1S/C16H13ClN2O3S/c17-11-3-1-10(2-4-11)8-23-9-15(20)18-12-5-6-14-13(7-12)19-16(21)22-14/h1-7H,8-9H2,(H,18,20)(H,19,21). The summed E-state index contributed by atoms with van der Waals surface area (Å²) < 4.78 is 4.91. The molecule has 0 unspecified atom stereocenters. The predicted molar refractivity (Wildman–Crippen MR) is 93.1 cm³/mol. The normalized spacial score (nSPS) is 10.8. The lowest BCUT2D eigenvalue weighted by Crippen LogP contribution is -2.14. The fraction of sp³-hybridized carbons (Fsp3) is 0.125. The van der Waals surface area contributed by atoms with Gasteiger partial charge in [-0.3, -0.25) is 9.78 Å². The van der Waals surface area contributed by atoms with Gasteiger partial charge in [-0.1, -0.05) is 23.7 Å². The maximum atomic E-state index is 11.9. The number of benzene rings is 2. The van der Waals surface area contributed by atoms with E-state index in [0.29, 0.717) is 27.6 Å². The number of anilines is 1. The first-order valence-corrected chi connectivity index (χ1v) is 8.38. The van der Waals surface area contributed by atoms with Crippen LogP contribution in [0, 0.1) is 0 Å². The molecular weight excluding hydrogens is 336 g/mol. The summed E-state index contributed by atoms with van der Waals surface area (Å²) in [5, 5.41) is 3.49. The fourth-order valence-corrected chi connectivity index (χ4v) is 2.98. The molecule has 0 aliphatic carbocycles. The zero-order chi connectivity index (χ0) is 16.2. The highest BCUT2D eigenvalue weighted by molar-refractivity contribution is 7.99. The van der Waals surface area contributed by atoms with E-state index in [1.165, 1.54) is 11.8 Å². The molecule has 3 rings (SSSR count). The predicted octanol–water partition coefficient (Wildman–Crippen LogP) is 3.65. The second kappa shape index (κ2) is 6.93. The number of aromatic amines is 1. The highest BCUT2D eigenvalue weighted by Crippen LogP contribution is 2.18. The number of nitrogens with one attached hydrogen (secondary N) is 2. The van der Waals surface area contributed by atoms with E-state index >= 15 is 0 Å². The smallest absolute Gasteiger partial charge is 0.408 e. The Labute approximate surface area is 141 Å². The number of H-pyrrole nitrogens is 1. The second-order valence-corrected chi connectivity index (χ2v) is 6.31. The molecule has 2 N–H and O–H groups in total. The van der Waals surface area contributed by atoms with Gasteiger partial charge >= 0.3 is 5.76 Å². The monoisotopic (exact) mass is 348 g/mol. The molecule has 5 nitrogen and oxygen atoms in total. The molecule has 1 heterocycles. The van der Waals surface area contributed by atoms with Crippen LogP contribution in [0.1, 0.15) is 5.56 Å². The maximum absolute atomic E-state index is 11.9. The number of hydrogen-bond donors (Lipinski definition) is 2. The number of halogens is 1. The molecule has 0 radical (unpaired) electrons. The Bertz CT molecular complexity index is 886. The van der Waals surface area contributed by atoms with Gasteiger partial charge in [0.25, 0.3) is 0 Å². The Balaban J connectivity index is 1.53. The lowest BCUT2D eigenvalue weighted by Gasteiger charge is -2.05. The Kier molecular flexibility index (Phi) is 4.73. The first-order chi connectivity index (χ1) is 11.1. The van der Waals surface area contributed by atoms with Crippen molar-refractivity contribution in [3.05, 3.63) is 63.6 Å². The molecule has 0 bridgehead atoms. The van der Waals surface area contributed by atoms with Crippen LogP contribution in [0.15, 0.2) is 51.7 Å². The van der Waals surface area contributed by atoms with Crippen LogP contribution in [0.25, 0.3) is 11.1 Å². The minimum Gasteiger partial charge on any atom is -0.408 e. The van der Waals surface area contributed by atoms with Gasteiger partial charge in [-0.2, -0.15) is 0 Å². The van der Waals surface area contributed by atoms with Crippen LogP contribution < -0.4 is 11.1 Å². The van der Waals surface area contributed by atoms with Gasteiger partial charge < -0.3 is 9.73 Å². The Morgan fingerprint density at radius 3 is 2.78 bits per heavy atom. The molecule has 0 fully saturated rings. The highest BCUT2D eigenvalue weighted by atomic mass is 35.5. The van der Waals surface area contributed by atoms with E-state index in [1.54, 1.807) is 18.2 Å². The van der Waals surface area contributed by atoms with Gasteiger partial charge in [0.2, 0.25) is 5.91 Å². The van der Waals surface area contributed by atoms with Crippen LogP contribution >= 0.6 is 23.4 Å². The van der Waals surface area contributed by atoms with Crippen molar-refractivity contribution in [2.75, 3.05) is 11.1 Å². The number of thioether (sulfide) groups is 1. The summed E-state index contributed by atoms with van der Waals surface area (Å²) in [6.07, 6.45) is 0. The molecular formula is C16H13ClN2O3S. The molecule has 0 atom stereocenters. The first-order valence-electron chi connectivity index (χ1n) is 6.85. The molecule has 0 saturated carbocycles. The van der Waals surface area contributed by atoms with Crippen molar-refractivity contribution in [1.29, 1.82) is 0 Å². The molecule has 3 aromatic rings. The largest absolute Gasteiger partial charge is 0.417 e. The number of fused-ring (bicyclic) bond motifs is 1. The number of amides is 1. The topological polar surface area (TPSA) is 75.1 Å². The van der Waals surface area contributed by atoms with Gasteiger partial charge in [-0.25, -0.2) is 4.79 Å². The molecule has 0 saturated heterocycles. The summed E-state index contributed by atoms with van der Waals surface area (Å²) in [6, 6.07) is 12.6. The van der Waals surface area contributed by atoms with Crippen LogP contribution in [0.5, 0.6) is 0 Å². The Morgan fingerprint density at radius 2 is 2.00 bits per heavy atom. The van der Waals surface area contributed by atoms with E-state index < -0.39 is 5.76 Å². The average molecular weight is 349 g/mol. The summed E-state index contributed by atoms with van der Waals surface area (Å²) in [6.45, 7) is 0. The Morgan fingerprint density at radius 1 is 1.22 bits per heavy atom. The zero-order valence-electron chi connectivity index (χ0n) is 12.0. The van der Waals surface area contributed by atoms with E-state index in [1.807, 2.05) is 24.3 Å². The number of carbonyl (C=O) groups excluding carboxylic acids is 1. The quantitative estimate of drug-likeness (QED) is 0.738. The third-order valence-electron chi connectivity index (χ3n) is 3.12. The van der Waals surface area contributed by atoms with Crippen molar-refractivity contribution in [2.45, 2.75) is 5.75 Å². The van der Waals surface area contributed by atoms with Crippen LogP contribution in [0.3, 0.4) is 0 Å². The van der Waals surface area contributed by atoms with Crippen molar-refractivity contribution >= 4 is 46.1 Å². The van der Waals surface area contributed by atoms with Crippen molar-refractivity contribution in [1.82, 2.24) is 4.98 Å². The number of hydrogen-bond acceptors (Lipinski definition) is 4. The van der Waals surface area contributed by atoms with E-state index in [2.05, 4.69) is 10.3 Å². The van der Waals surface area contributed by atoms with Crippen LogP contribution in [0.2, 0.25) is 5.02 Å². The van der Waals surface area contributed by atoms with Crippen molar-refractivity contribution in [3.63, 3.8) is 0 Å². The molecule has 0 spiro atoms. The van der Waals surface area contributed by atoms with Crippen molar-refractivity contribution in [2.24, 2.45) is 0 Å². The molecule has 23 heavy (non-hydrogen) atoms. The summed E-state index contributed by atoms with van der Waals surface area (Å²) in [4.78, 5) is 25.6. The number of carbonyl (C=O) groups is 1.